The van der Waals surface area contributed by atoms with Crippen LogP contribution in [0.3, 0.4) is 0 Å². The van der Waals surface area contributed by atoms with Gasteiger partial charge in [0.05, 0.1) is 17.1 Å². The number of thiophene rings is 1. The number of amides is 1. The summed E-state index contributed by atoms with van der Waals surface area (Å²) < 4.78 is 32.9. The lowest BCUT2D eigenvalue weighted by atomic mass is 10.0. The van der Waals surface area contributed by atoms with Crippen LogP contribution in [-0.4, -0.2) is 61.8 Å². The van der Waals surface area contributed by atoms with Gasteiger partial charge in [-0.05, 0) is 75.8 Å². The first-order chi connectivity index (χ1) is 17.1. The van der Waals surface area contributed by atoms with Gasteiger partial charge in [0.15, 0.2) is 0 Å². The van der Waals surface area contributed by atoms with E-state index in [0.717, 1.165) is 42.8 Å². The zero-order valence-electron chi connectivity index (χ0n) is 21.4. The van der Waals surface area contributed by atoms with Crippen molar-refractivity contribution in [3.8, 4) is 0 Å². The van der Waals surface area contributed by atoms with E-state index >= 15 is 0 Å². The summed E-state index contributed by atoms with van der Waals surface area (Å²) in [4.78, 5) is 29.5. The van der Waals surface area contributed by atoms with Crippen LogP contribution in [0.5, 0.6) is 0 Å². The zero-order valence-corrected chi connectivity index (χ0v) is 23.0. The second kappa shape index (κ2) is 11.0. The molecule has 1 N–H and O–H groups in total. The number of hydrogen-bond acceptors (Lipinski definition) is 7. The molecule has 2 aliphatic rings. The Morgan fingerprint density at radius 2 is 1.92 bits per heavy atom. The summed E-state index contributed by atoms with van der Waals surface area (Å²) in [5.74, 6) is -0.493. The SMILES string of the molecule is CCOC(=O)c1c(NC(=O)c2ccc(S(=O)(=O)N3CCC[C@@H](C)C3)cc2)sc2c1CCN(C(C)C)C2. The third kappa shape index (κ3) is 5.51. The van der Waals surface area contributed by atoms with Gasteiger partial charge in [0, 0.05) is 42.7 Å². The number of nitrogens with one attached hydrogen (secondary N) is 1. The average Bonchev–Trinajstić information content (AvgIpc) is 3.21. The lowest BCUT2D eigenvalue weighted by Crippen LogP contribution is -2.39. The highest BCUT2D eigenvalue weighted by Gasteiger charge is 2.31. The van der Waals surface area contributed by atoms with Gasteiger partial charge < -0.3 is 10.1 Å². The van der Waals surface area contributed by atoms with Gasteiger partial charge in [0.2, 0.25) is 10.0 Å². The number of sulfonamides is 1. The van der Waals surface area contributed by atoms with E-state index < -0.39 is 21.9 Å². The van der Waals surface area contributed by atoms with Crippen molar-refractivity contribution in [2.45, 2.75) is 64.4 Å². The molecule has 2 aromatic rings. The molecule has 0 bridgehead atoms. The highest BCUT2D eigenvalue weighted by Crippen LogP contribution is 2.38. The van der Waals surface area contributed by atoms with Gasteiger partial charge in [-0.3, -0.25) is 9.69 Å². The molecule has 36 heavy (non-hydrogen) atoms. The Kier molecular flexibility index (Phi) is 8.18. The normalized spacial score (nSPS) is 19.2. The van der Waals surface area contributed by atoms with Crippen LogP contribution >= 0.6 is 11.3 Å². The molecule has 1 amide bonds. The molecule has 0 saturated carbocycles. The summed E-state index contributed by atoms with van der Waals surface area (Å²) in [6, 6.07) is 6.39. The Morgan fingerprint density at radius 1 is 1.19 bits per heavy atom. The lowest BCUT2D eigenvalue weighted by molar-refractivity contribution is 0.0526. The van der Waals surface area contributed by atoms with Crippen LogP contribution in [0.2, 0.25) is 0 Å². The molecular weight excluding hydrogens is 498 g/mol. The molecule has 1 fully saturated rings. The number of fused-ring (bicyclic) bond motifs is 1. The minimum absolute atomic E-state index is 0.181. The van der Waals surface area contributed by atoms with Crippen molar-refractivity contribution in [3.05, 3.63) is 45.8 Å². The van der Waals surface area contributed by atoms with Gasteiger partial charge in [-0.25, -0.2) is 13.2 Å². The van der Waals surface area contributed by atoms with Crippen LogP contribution < -0.4 is 5.32 Å². The second-order valence-electron chi connectivity index (χ2n) is 9.83. The van der Waals surface area contributed by atoms with E-state index in [2.05, 4.69) is 31.0 Å². The molecular formula is C26H35N3O5S2. The van der Waals surface area contributed by atoms with Crippen molar-refractivity contribution in [2.75, 3.05) is 31.6 Å². The molecule has 4 rings (SSSR count). The molecule has 0 spiro atoms. The molecule has 0 radical (unpaired) electrons. The van der Waals surface area contributed by atoms with Crippen LogP contribution in [-0.2, 0) is 27.7 Å². The fourth-order valence-corrected chi connectivity index (χ4v) is 7.69. The van der Waals surface area contributed by atoms with E-state index in [0.29, 0.717) is 41.2 Å². The summed E-state index contributed by atoms with van der Waals surface area (Å²) in [5.41, 5.74) is 1.71. The molecule has 1 saturated heterocycles. The Balaban J connectivity index is 1.55. The molecule has 196 valence electrons. The van der Waals surface area contributed by atoms with Gasteiger partial charge in [0.25, 0.3) is 5.91 Å². The number of carbonyl (C=O) groups excluding carboxylic acids is 2. The number of piperidine rings is 1. The fourth-order valence-electron chi connectivity index (χ4n) is 4.84. The Morgan fingerprint density at radius 3 is 2.56 bits per heavy atom. The molecule has 1 aromatic heterocycles. The van der Waals surface area contributed by atoms with Crippen molar-refractivity contribution in [1.82, 2.24) is 9.21 Å². The van der Waals surface area contributed by atoms with Crippen LogP contribution in [0.1, 0.15) is 71.7 Å². The van der Waals surface area contributed by atoms with E-state index in [1.54, 1.807) is 6.92 Å². The number of ether oxygens (including phenoxy) is 1. The van der Waals surface area contributed by atoms with E-state index in [9.17, 15) is 18.0 Å². The van der Waals surface area contributed by atoms with E-state index in [1.165, 1.54) is 39.9 Å². The predicted molar refractivity (Wildman–Crippen MR) is 141 cm³/mol. The van der Waals surface area contributed by atoms with Crippen molar-refractivity contribution in [3.63, 3.8) is 0 Å². The van der Waals surface area contributed by atoms with Crippen molar-refractivity contribution in [2.24, 2.45) is 5.92 Å². The molecule has 1 atom stereocenters. The van der Waals surface area contributed by atoms with Crippen LogP contribution in [0, 0.1) is 5.92 Å². The molecule has 2 aliphatic heterocycles. The number of anilines is 1. The summed E-state index contributed by atoms with van der Waals surface area (Å²) in [5, 5.41) is 3.37. The lowest BCUT2D eigenvalue weighted by Gasteiger charge is -2.30. The third-order valence-corrected chi connectivity index (χ3v) is 9.91. The molecule has 0 aliphatic carbocycles. The maximum Gasteiger partial charge on any atom is 0.341 e. The quantitative estimate of drug-likeness (QED) is 0.531. The summed E-state index contributed by atoms with van der Waals surface area (Å²) in [6.45, 7) is 10.9. The molecule has 0 unspecified atom stereocenters. The largest absolute Gasteiger partial charge is 0.462 e. The summed E-state index contributed by atoms with van der Waals surface area (Å²) >= 11 is 1.41. The Hall–Kier alpha value is -2.27. The Labute approximate surface area is 217 Å². The standard InChI is InChI=1S/C26H35N3O5S2/c1-5-34-26(31)23-21-12-14-28(17(2)3)16-22(21)35-25(23)27-24(30)19-8-10-20(11-9-19)36(32,33)29-13-6-7-18(4)15-29/h8-11,17-18H,5-7,12-16H2,1-4H3,(H,27,30)/t18-/m1/s1. The van der Waals surface area contributed by atoms with Crippen LogP contribution in [0.25, 0.3) is 0 Å². The zero-order chi connectivity index (χ0) is 26.0. The van der Waals surface area contributed by atoms with Gasteiger partial charge in [-0.15, -0.1) is 11.3 Å². The Bertz CT molecular complexity index is 1220. The van der Waals surface area contributed by atoms with E-state index in [4.69, 9.17) is 4.74 Å². The topological polar surface area (TPSA) is 96.0 Å². The van der Waals surface area contributed by atoms with Gasteiger partial charge in [-0.2, -0.15) is 4.31 Å². The van der Waals surface area contributed by atoms with Gasteiger partial charge >= 0.3 is 5.97 Å². The number of esters is 1. The van der Waals surface area contributed by atoms with Crippen molar-refractivity contribution < 1.29 is 22.7 Å². The minimum atomic E-state index is -3.60. The molecule has 10 heteroatoms. The first kappa shape index (κ1) is 26.8. The highest BCUT2D eigenvalue weighted by molar-refractivity contribution is 7.89. The monoisotopic (exact) mass is 533 g/mol. The number of hydrogen-bond donors (Lipinski definition) is 1. The van der Waals surface area contributed by atoms with E-state index in [1.807, 2.05) is 0 Å². The smallest absolute Gasteiger partial charge is 0.341 e. The molecule has 1 aromatic carbocycles. The first-order valence-electron chi connectivity index (χ1n) is 12.6. The number of nitrogens with zero attached hydrogens (tertiary/aromatic N) is 2. The number of rotatable bonds is 7. The van der Waals surface area contributed by atoms with Crippen molar-refractivity contribution in [1.29, 1.82) is 0 Å². The first-order valence-corrected chi connectivity index (χ1v) is 14.8. The average molecular weight is 534 g/mol. The third-order valence-electron chi connectivity index (χ3n) is 6.90. The maximum absolute atomic E-state index is 13.1. The fraction of sp³-hybridized carbons (Fsp3) is 0.538. The molecule has 3 heterocycles. The van der Waals surface area contributed by atoms with Crippen LogP contribution in [0.4, 0.5) is 5.00 Å². The molecule has 8 nitrogen and oxygen atoms in total. The summed E-state index contributed by atoms with van der Waals surface area (Å²) in [7, 11) is -3.60. The number of benzene rings is 1. The van der Waals surface area contributed by atoms with Gasteiger partial charge in [-0.1, -0.05) is 6.92 Å². The predicted octanol–water partition coefficient (Wildman–Crippen LogP) is 4.36. The van der Waals surface area contributed by atoms with Gasteiger partial charge in [0.1, 0.15) is 5.00 Å². The van der Waals surface area contributed by atoms with Crippen molar-refractivity contribution >= 4 is 38.2 Å². The van der Waals surface area contributed by atoms with E-state index in [-0.39, 0.29) is 11.5 Å². The minimum Gasteiger partial charge on any atom is -0.462 e. The maximum atomic E-state index is 13.1. The second-order valence-corrected chi connectivity index (χ2v) is 12.9. The highest BCUT2D eigenvalue weighted by atomic mass is 32.2. The van der Waals surface area contributed by atoms with Crippen LogP contribution in [0.15, 0.2) is 29.2 Å². The number of carbonyl (C=O) groups is 2. The summed E-state index contributed by atoms with van der Waals surface area (Å²) in [6.07, 6.45) is 2.60.